The van der Waals surface area contributed by atoms with Crippen LogP contribution in [0.5, 0.6) is 5.75 Å². The molecule has 0 spiro atoms. The lowest BCUT2D eigenvalue weighted by Gasteiger charge is -2.14. The zero-order valence-corrected chi connectivity index (χ0v) is 10.1. The zero-order valence-electron chi connectivity index (χ0n) is 8.50. The predicted molar refractivity (Wildman–Crippen MR) is 59.9 cm³/mol. The zero-order chi connectivity index (χ0) is 12.5. The van der Waals surface area contributed by atoms with E-state index in [-0.39, 0.29) is 16.6 Å². The summed E-state index contributed by atoms with van der Waals surface area (Å²) in [4.78, 5) is 10.9. The minimum atomic E-state index is -1.22. The number of carboxylic acids is 1. The number of hydrogen-bond donors (Lipinski definition) is 3. The van der Waals surface area contributed by atoms with Gasteiger partial charge in [0.15, 0.2) is 11.6 Å². The van der Waals surface area contributed by atoms with Gasteiger partial charge in [-0.1, -0.05) is 6.07 Å². The Labute approximate surface area is 100 Å². The number of carboxylic acid groups (broad SMARTS) is 1. The average molecular weight is 292 g/mol. The number of phenols is 1. The first kappa shape index (κ1) is 12.9. The van der Waals surface area contributed by atoms with Gasteiger partial charge in [0.25, 0.3) is 0 Å². The minimum Gasteiger partial charge on any atom is -0.504 e. The molecule has 4 N–H and O–H groups in total. The molecule has 16 heavy (non-hydrogen) atoms. The van der Waals surface area contributed by atoms with Crippen LogP contribution in [0.15, 0.2) is 10.5 Å². The van der Waals surface area contributed by atoms with Crippen molar-refractivity contribution in [3.05, 3.63) is 27.5 Å². The van der Waals surface area contributed by atoms with Crippen LogP contribution in [0.25, 0.3) is 0 Å². The molecule has 0 saturated carbocycles. The molecule has 0 bridgehead atoms. The van der Waals surface area contributed by atoms with Gasteiger partial charge < -0.3 is 15.9 Å². The van der Waals surface area contributed by atoms with Crippen LogP contribution in [-0.2, 0) is 4.79 Å². The Hall–Kier alpha value is -1.14. The lowest BCUT2D eigenvalue weighted by Crippen LogP contribution is -2.22. The molecule has 0 fully saturated rings. The fraction of sp³-hybridized carbons (Fsp3) is 0.300. The van der Waals surface area contributed by atoms with Gasteiger partial charge in [0.1, 0.15) is 0 Å². The first-order chi connectivity index (χ1) is 7.40. The fourth-order valence-electron chi connectivity index (χ4n) is 1.39. The highest BCUT2D eigenvalue weighted by molar-refractivity contribution is 9.10. The number of carbonyl (C=O) groups is 1. The van der Waals surface area contributed by atoms with Crippen molar-refractivity contribution < 1.29 is 19.4 Å². The van der Waals surface area contributed by atoms with Gasteiger partial charge in [-0.3, -0.25) is 4.79 Å². The predicted octanol–water partition coefficient (Wildman–Crippen LogP) is 1.73. The summed E-state index contributed by atoms with van der Waals surface area (Å²) in [6.45, 7) is 1.40. The van der Waals surface area contributed by atoms with Gasteiger partial charge in [-0.15, -0.1) is 0 Å². The molecule has 0 aliphatic heterocycles. The molecule has 0 amide bonds. The van der Waals surface area contributed by atoms with Crippen LogP contribution in [0.1, 0.15) is 17.0 Å². The van der Waals surface area contributed by atoms with E-state index >= 15 is 0 Å². The largest absolute Gasteiger partial charge is 0.504 e. The number of hydrogen-bond acceptors (Lipinski definition) is 3. The third kappa shape index (κ3) is 2.17. The van der Waals surface area contributed by atoms with Crippen molar-refractivity contribution in [2.24, 2.45) is 5.73 Å². The number of halogens is 2. The van der Waals surface area contributed by atoms with Crippen molar-refractivity contribution in [3.63, 3.8) is 0 Å². The molecule has 0 radical (unpaired) electrons. The lowest BCUT2D eigenvalue weighted by atomic mass is 9.96. The Morgan fingerprint density at radius 1 is 1.69 bits per heavy atom. The smallest absolute Gasteiger partial charge is 0.312 e. The molecule has 0 heterocycles. The maximum absolute atomic E-state index is 13.6. The van der Waals surface area contributed by atoms with Crippen LogP contribution in [0.4, 0.5) is 4.39 Å². The third-order valence-corrected chi connectivity index (χ3v) is 3.30. The van der Waals surface area contributed by atoms with E-state index in [0.717, 1.165) is 0 Å². The molecular formula is C10H11BrFNO3. The summed E-state index contributed by atoms with van der Waals surface area (Å²) < 4.78 is 13.9. The highest BCUT2D eigenvalue weighted by Crippen LogP contribution is 2.35. The number of phenolic OH excluding ortho intramolecular Hbond substituents is 1. The molecule has 0 saturated heterocycles. The van der Waals surface area contributed by atoms with E-state index in [1.807, 2.05) is 0 Å². The van der Waals surface area contributed by atoms with Crippen molar-refractivity contribution in [1.82, 2.24) is 0 Å². The van der Waals surface area contributed by atoms with E-state index in [9.17, 15) is 14.3 Å². The molecule has 6 heteroatoms. The van der Waals surface area contributed by atoms with E-state index in [2.05, 4.69) is 15.9 Å². The number of aromatic hydroxyl groups is 1. The van der Waals surface area contributed by atoms with Gasteiger partial charge in [0.2, 0.25) is 0 Å². The first-order valence-corrected chi connectivity index (χ1v) is 5.29. The molecule has 0 aliphatic carbocycles. The molecule has 1 rings (SSSR count). The van der Waals surface area contributed by atoms with Crippen molar-refractivity contribution in [2.45, 2.75) is 12.8 Å². The summed E-state index contributed by atoms with van der Waals surface area (Å²) in [5.41, 5.74) is 5.72. The van der Waals surface area contributed by atoms with Gasteiger partial charge in [-0.25, -0.2) is 4.39 Å². The molecule has 1 atom stereocenters. The van der Waals surface area contributed by atoms with E-state index < -0.39 is 23.5 Å². The molecule has 0 aliphatic rings. The number of nitrogens with two attached hydrogens (primary N) is 1. The molecule has 4 nitrogen and oxygen atoms in total. The number of aliphatic carboxylic acids is 1. The summed E-state index contributed by atoms with van der Waals surface area (Å²) in [6.07, 6.45) is 0. The van der Waals surface area contributed by atoms with Gasteiger partial charge in [-0.05, 0) is 28.4 Å². The van der Waals surface area contributed by atoms with Crippen LogP contribution in [0.3, 0.4) is 0 Å². The Morgan fingerprint density at radius 3 is 2.69 bits per heavy atom. The lowest BCUT2D eigenvalue weighted by molar-refractivity contribution is -0.138. The molecule has 0 aromatic heterocycles. The normalized spacial score (nSPS) is 12.5. The Balaban J connectivity index is 3.39. The molecular weight excluding hydrogens is 281 g/mol. The number of rotatable bonds is 3. The number of aryl methyl sites for hydroxylation is 1. The van der Waals surface area contributed by atoms with Crippen molar-refractivity contribution in [3.8, 4) is 5.75 Å². The van der Waals surface area contributed by atoms with Crippen LogP contribution in [0.2, 0.25) is 0 Å². The Bertz CT molecular complexity index is 437. The summed E-state index contributed by atoms with van der Waals surface area (Å²) in [5, 5.41) is 18.3. The van der Waals surface area contributed by atoms with Crippen molar-refractivity contribution in [1.29, 1.82) is 0 Å². The van der Waals surface area contributed by atoms with Crippen LogP contribution >= 0.6 is 15.9 Å². The number of benzene rings is 1. The standard InChI is InChI=1S/C10H11BrFNO3/c1-4-2-5(6(3-13)10(15)16)8(12)9(14)7(4)11/h2,6,14H,3,13H2,1H3,(H,15,16). The second-order valence-corrected chi connectivity index (χ2v) is 4.18. The van der Waals surface area contributed by atoms with Crippen molar-refractivity contribution >= 4 is 21.9 Å². The highest BCUT2D eigenvalue weighted by atomic mass is 79.9. The fourth-order valence-corrected chi connectivity index (χ4v) is 1.68. The summed E-state index contributed by atoms with van der Waals surface area (Å²) in [6, 6.07) is 1.37. The highest BCUT2D eigenvalue weighted by Gasteiger charge is 2.25. The van der Waals surface area contributed by atoms with Crippen molar-refractivity contribution in [2.75, 3.05) is 6.54 Å². The summed E-state index contributed by atoms with van der Waals surface area (Å²) in [7, 11) is 0. The summed E-state index contributed by atoms with van der Waals surface area (Å²) in [5.74, 6) is -3.91. The van der Waals surface area contributed by atoms with Gasteiger partial charge in [0.05, 0.1) is 10.4 Å². The van der Waals surface area contributed by atoms with Gasteiger partial charge in [-0.2, -0.15) is 0 Å². The quantitative estimate of drug-likeness (QED) is 0.792. The topological polar surface area (TPSA) is 83.6 Å². The van der Waals surface area contributed by atoms with Crippen LogP contribution < -0.4 is 5.73 Å². The molecule has 1 aromatic carbocycles. The van der Waals surface area contributed by atoms with E-state index in [0.29, 0.717) is 5.56 Å². The van der Waals surface area contributed by atoms with Crippen LogP contribution in [-0.4, -0.2) is 22.7 Å². The Kier molecular flexibility index (Phi) is 3.88. The minimum absolute atomic E-state index is 0.104. The monoisotopic (exact) mass is 291 g/mol. The maximum atomic E-state index is 13.6. The molecule has 1 unspecified atom stereocenters. The molecule has 88 valence electrons. The summed E-state index contributed by atoms with van der Waals surface area (Å²) >= 11 is 3.00. The average Bonchev–Trinajstić information content (AvgIpc) is 2.23. The maximum Gasteiger partial charge on any atom is 0.312 e. The Morgan fingerprint density at radius 2 is 2.25 bits per heavy atom. The molecule has 1 aromatic rings. The van der Waals surface area contributed by atoms with E-state index in [4.69, 9.17) is 10.8 Å². The second-order valence-electron chi connectivity index (χ2n) is 3.39. The van der Waals surface area contributed by atoms with E-state index in [1.165, 1.54) is 6.07 Å². The first-order valence-electron chi connectivity index (χ1n) is 4.50. The second kappa shape index (κ2) is 4.80. The van der Waals surface area contributed by atoms with E-state index in [1.54, 1.807) is 6.92 Å². The SMILES string of the molecule is Cc1cc(C(CN)C(=O)O)c(F)c(O)c1Br. The third-order valence-electron chi connectivity index (χ3n) is 2.30. The van der Waals surface area contributed by atoms with Gasteiger partial charge in [0, 0.05) is 12.1 Å². The van der Waals surface area contributed by atoms with Gasteiger partial charge >= 0.3 is 5.97 Å². The van der Waals surface area contributed by atoms with Crippen LogP contribution in [0, 0.1) is 12.7 Å².